The highest BCUT2D eigenvalue weighted by Gasteiger charge is 2.28. The maximum absolute atomic E-state index is 6.20. The van der Waals surface area contributed by atoms with Crippen molar-refractivity contribution >= 4 is 30.9 Å². The van der Waals surface area contributed by atoms with Crippen LogP contribution in [-0.4, -0.2) is 8.32 Å². The molecular formula is C15H25IOSi. The Labute approximate surface area is 127 Å². The van der Waals surface area contributed by atoms with Gasteiger partial charge in [0.25, 0.3) is 0 Å². The van der Waals surface area contributed by atoms with Crippen LogP contribution in [0.3, 0.4) is 0 Å². The second-order valence-electron chi connectivity index (χ2n) is 6.74. The second kappa shape index (κ2) is 6.53. The lowest BCUT2D eigenvalue weighted by Gasteiger charge is -2.30. The van der Waals surface area contributed by atoms with Gasteiger partial charge in [-0.2, -0.15) is 0 Å². The molecule has 0 fully saturated rings. The minimum Gasteiger partial charge on any atom is -0.413 e. The average molecular weight is 376 g/mol. The first kappa shape index (κ1) is 16.2. The lowest BCUT2D eigenvalue weighted by Crippen LogP contribution is -2.34. The van der Waals surface area contributed by atoms with Crippen LogP contribution in [-0.2, 0) is 15.5 Å². The molecule has 1 aromatic rings. The first-order valence-electron chi connectivity index (χ1n) is 6.50. The van der Waals surface area contributed by atoms with Crippen LogP contribution in [0.4, 0.5) is 0 Å². The van der Waals surface area contributed by atoms with E-state index in [-0.39, 0.29) is 0 Å². The molecule has 0 aliphatic carbocycles. The largest absolute Gasteiger partial charge is 0.413 e. The second-order valence-corrected chi connectivity index (χ2v) is 11.7. The molecule has 0 aromatic heterocycles. The molecule has 0 bridgehead atoms. The van der Waals surface area contributed by atoms with E-state index < -0.39 is 8.32 Å². The van der Waals surface area contributed by atoms with Crippen LogP contribution in [0.1, 0.15) is 31.9 Å². The molecule has 1 nitrogen and oxygen atoms in total. The molecule has 1 aromatic carbocycles. The lowest BCUT2D eigenvalue weighted by atomic mass is 10.0. The summed E-state index contributed by atoms with van der Waals surface area (Å²) in [6.45, 7) is 12.3. The summed E-state index contributed by atoms with van der Waals surface area (Å²) >= 11 is 2.39. The summed E-state index contributed by atoms with van der Waals surface area (Å²) in [5.41, 5.74) is 3.03. The summed E-state index contributed by atoms with van der Waals surface area (Å²) in [6.07, 6.45) is 0. The maximum Gasteiger partial charge on any atom is 0.187 e. The van der Waals surface area contributed by atoms with Gasteiger partial charge in [-0.15, -0.1) is 0 Å². The fourth-order valence-electron chi connectivity index (χ4n) is 2.33. The summed E-state index contributed by atoms with van der Waals surface area (Å²) in [7, 11) is -1.54. The summed E-state index contributed by atoms with van der Waals surface area (Å²) in [5.74, 6) is 0. The van der Waals surface area contributed by atoms with E-state index >= 15 is 0 Å². The van der Waals surface area contributed by atoms with Gasteiger partial charge in [-0.25, -0.2) is 0 Å². The first-order chi connectivity index (χ1) is 8.22. The molecule has 0 amide bonds. The molecule has 0 radical (unpaired) electrons. The molecule has 0 saturated carbocycles. The topological polar surface area (TPSA) is 9.23 Å². The monoisotopic (exact) mass is 376 g/mol. The zero-order chi connectivity index (χ0) is 13.8. The number of rotatable bonds is 5. The quantitative estimate of drug-likeness (QED) is 0.380. The summed E-state index contributed by atoms with van der Waals surface area (Å²) in [4.78, 5) is 0. The van der Waals surface area contributed by atoms with Gasteiger partial charge in [-0.3, -0.25) is 0 Å². The van der Waals surface area contributed by atoms with Crippen molar-refractivity contribution < 1.29 is 4.43 Å². The predicted octanol–water partition coefficient (Wildman–Crippen LogP) is 5.39. The Morgan fingerprint density at radius 1 is 1.06 bits per heavy atom. The van der Waals surface area contributed by atoms with Crippen LogP contribution >= 0.6 is 22.6 Å². The summed E-state index contributed by atoms with van der Waals surface area (Å²) < 4.78 is 7.27. The molecule has 0 aliphatic rings. The third-order valence-corrected chi connectivity index (χ3v) is 6.48. The van der Waals surface area contributed by atoms with Gasteiger partial charge in [-0.1, -0.05) is 67.6 Å². The number of benzene rings is 1. The highest BCUT2D eigenvalue weighted by molar-refractivity contribution is 14.1. The third kappa shape index (κ3) is 6.34. The number of hydrogen-bond acceptors (Lipinski definition) is 1. The van der Waals surface area contributed by atoms with E-state index in [0.717, 1.165) is 11.0 Å². The molecule has 0 N–H and O–H groups in total. The molecule has 0 atom stereocenters. The van der Waals surface area contributed by atoms with Gasteiger partial charge in [0.05, 0.1) is 6.61 Å². The summed E-state index contributed by atoms with van der Waals surface area (Å²) in [6, 6.07) is 9.98. The van der Waals surface area contributed by atoms with Crippen molar-refractivity contribution in [3.8, 4) is 0 Å². The Morgan fingerprint density at radius 2 is 1.56 bits per heavy atom. The maximum atomic E-state index is 6.20. The minimum absolute atomic E-state index is 0.362. The molecular weight excluding hydrogens is 351 g/mol. The van der Waals surface area contributed by atoms with E-state index in [1.54, 1.807) is 0 Å². The van der Waals surface area contributed by atoms with Gasteiger partial charge in [0.2, 0.25) is 0 Å². The van der Waals surface area contributed by atoms with Crippen molar-refractivity contribution in [1.29, 1.82) is 0 Å². The molecule has 18 heavy (non-hydrogen) atoms. The molecule has 102 valence electrons. The normalized spacial score (nSPS) is 12.8. The van der Waals surface area contributed by atoms with Crippen molar-refractivity contribution in [1.82, 2.24) is 0 Å². The van der Waals surface area contributed by atoms with E-state index in [9.17, 15) is 0 Å². The van der Waals surface area contributed by atoms with Crippen LogP contribution in [0.15, 0.2) is 24.3 Å². The Hall–Kier alpha value is 0.127. The van der Waals surface area contributed by atoms with Crippen molar-refractivity contribution in [3.05, 3.63) is 35.4 Å². The third-order valence-electron chi connectivity index (χ3n) is 2.76. The van der Waals surface area contributed by atoms with Gasteiger partial charge < -0.3 is 4.43 Å². The highest BCUT2D eigenvalue weighted by atomic mass is 127. The summed E-state index contributed by atoms with van der Waals surface area (Å²) in [5, 5.41) is 0. The average Bonchev–Trinajstić information content (AvgIpc) is 2.24. The van der Waals surface area contributed by atoms with Crippen LogP contribution < -0.4 is 0 Å². The minimum atomic E-state index is -1.54. The van der Waals surface area contributed by atoms with Gasteiger partial charge in [0, 0.05) is 4.43 Å². The lowest BCUT2D eigenvalue weighted by molar-refractivity contribution is 0.280. The molecule has 0 saturated heterocycles. The smallest absolute Gasteiger partial charge is 0.187 e. The van der Waals surface area contributed by atoms with Crippen molar-refractivity contribution in [3.63, 3.8) is 0 Å². The van der Waals surface area contributed by atoms with Crippen molar-refractivity contribution in [2.45, 2.75) is 50.9 Å². The zero-order valence-corrected chi connectivity index (χ0v) is 15.4. The molecule has 1 rings (SSSR count). The van der Waals surface area contributed by atoms with Crippen LogP contribution in [0.2, 0.25) is 19.1 Å². The first-order valence-corrected chi connectivity index (χ1v) is 11.1. The predicted molar refractivity (Wildman–Crippen MR) is 90.7 cm³/mol. The highest BCUT2D eigenvalue weighted by Crippen LogP contribution is 2.28. The number of hydrogen-bond donors (Lipinski definition) is 0. The van der Waals surface area contributed by atoms with E-state index in [1.165, 1.54) is 17.2 Å². The fraction of sp³-hybridized carbons (Fsp3) is 0.600. The molecule has 0 aliphatic heterocycles. The fourth-order valence-corrected chi connectivity index (χ4v) is 6.05. The molecule has 0 spiro atoms. The standard InChI is InChI=1S/C15H25IOSi/c1-15(2,3)12-18(4,5)17-11-14-8-6-13(10-16)7-9-14/h6-9H,10-12H2,1-5H3. The zero-order valence-electron chi connectivity index (χ0n) is 12.2. The molecule has 0 unspecified atom stereocenters. The Balaban J connectivity index is 2.53. The van der Waals surface area contributed by atoms with E-state index in [2.05, 4.69) is 80.7 Å². The van der Waals surface area contributed by atoms with Gasteiger partial charge in [0.1, 0.15) is 0 Å². The van der Waals surface area contributed by atoms with E-state index in [4.69, 9.17) is 4.43 Å². The molecule has 3 heteroatoms. The van der Waals surface area contributed by atoms with Crippen molar-refractivity contribution in [2.24, 2.45) is 5.41 Å². The Kier molecular flexibility index (Phi) is 5.87. The van der Waals surface area contributed by atoms with Crippen LogP contribution in [0, 0.1) is 5.41 Å². The SMILES string of the molecule is CC(C)(C)C[Si](C)(C)OCc1ccc(CI)cc1. The van der Waals surface area contributed by atoms with Gasteiger partial charge in [-0.05, 0) is 35.7 Å². The van der Waals surface area contributed by atoms with Crippen LogP contribution in [0.5, 0.6) is 0 Å². The van der Waals surface area contributed by atoms with Gasteiger partial charge in [0.15, 0.2) is 8.32 Å². The Morgan fingerprint density at radius 3 is 2.00 bits per heavy atom. The number of alkyl halides is 1. The van der Waals surface area contributed by atoms with Gasteiger partial charge >= 0.3 is 0 Å². The van der Waals surface area contributed by atoms with Crippen molar-refractivity contribution in [2.75, 3.05) is 0 Å². The molecule has 0 heterocycles. The Bertz CT molecular complexity index is 365. The van der Waals surface area contributed by atoms with Crippen LogP contribution in [0.25, 0.3) is 0 Å². The van der Waals surface area contributed by atoms with E-state index in [0.29, 0.717) is 5.41 Å². The van der Waals surface area contributed by atoms with E-state index in [1.807, 2.05) is 0 Å². The number of halogens is 1.